The number of para-hydroxylation sites is 1. The summed E-state index contributed by atoms with van der Waals surface area (Å²) in [5, 5.41) is 4.12. The van der Waals surface area contributed by atoms with Gasteiger partial charge in [-0.15, -0.1) is 0 Å². The molecule has 2 N–H and O–H groups in total. The number of fused-ring (bicyclic) bond motifs is 1. The quantitative estimate of drug-likeness (QED) is 0.895. The van der Waals surface area contributed by atoms with Gasteiger partial charge in [0.05, 0.1) is 29.7 Å². The molecule has 2 heterocycles. The zero-order valence-corrected chi connectivity index (χ0v) is 11.0. The highest BCUT2D eigenvalue weighted by Gasteiger charge is 2.31. The number of imidazole rings is 1. The van der Waals surface area contributed by atoms with Gasteiger partial charge in [-0.2, -0.15) is 0 Å². The van der Waals surface area contributed by atoms with Crippen LogP contribution in [0, 0.1) is 0 Å². The third-order valence-corrected chi connectivity index (χ3v) is 3.68. The van der Waals surface area contributed by atoms with E-state index >= 15 is 0 Å². The Balaban J connectivity index is 1.96. The highest BCUT2D eigenvalue weighted by Crippen LogP contribution is 2.28. The Kier molecular flexibility index (Phi) is 3.24. The Morgan fingerprint density at radius 1 is 1.50 bits per heavy atom. The standard InChI is InChI=1S/C13H16ClN3O/c1-2-15-11-7-18-6-8(11)13-16-10-5-3-4-9(14)12(10)17-13/h3-5,8,11,15H,2,6-7H2,1H3,(H,16,17). The molecule has 3 rings (SSSR count). The van der Waals surface area contributed by atoms with E-state index in [2.05, 4.69) is 22.2 Å². The maximum atomic E-state index is 6.15. The van der Waals surface area contributed by atoms with Gasteiger partial charge in [0, 0.05) is 6.04 Å². The van der Waals surface area contributed by atoms with Crippen LogP contribution >= 0.6 is 11.6 Å². The summed E-state index contributed by atoms with van der Waals surface area (Å²) in [6.07, 6.45) is 0. The predicted molar refractivity (Wildman–Crippen MR) is 72.1 cm³/mol. The highest BCUT2D eigenvalue weighted by atomic mass is 35.5. The summed E-state index contributed by atoms with van der Waals surface area (Å²) in [4.78, 5) is 7.97. The van der Waals surface area contributed by atoms with Crippen LogP contribution in [0.5, 0.6) is 0 Å². The minimum atomic E-state index is 0.272. The van der Waals surface area contributed by atoms with Crippen LogP contribution in [-0.4, -0.2) is 35.8 Å². The SMILES string of the molecule is CCNC1COCC1c1nc2c(Cl)cccc2[nH]1. The van der Waals surface area contributed by atoms with Crippen LogP contribution < -0.4 is 5.32 Å². The summed E-state index contributed by atoms with van der Waals surface area (Å²) >= 11 is 6.15. The van der Waals surface area contributed by atoms with Crippen LogP contribution in [-0.2, 0) is 4.74 Å². The third-order valence-electron chi connectivity index (χ3n) is 3.38. The Morgan fingerprint density at radius 2 is 2.39 bits per heavy atom. The molecule has 18 heavy (non-hydrogen) atoms. The second kappa shape index (κ2) is 4.88. The van der Waals surface area contributed by atoms with E-state index in [9.17, 15) is 0 Å². The molecule has 5 heteroatoms. The number of ether oxygens (including phenoxy) is 1. The number of nitrogens with zero attached hydrogens (tertiary/aromatic N) is 1. The molecule has 1 fully saturated rings. The van der Waals surface area contributed by atoms with E-state index in [4.69, 9.17) is 16.3 Å². The molecule has 2 atom stereocenters. The van der Waals surface area contributed by atoms with E-state index in [1.165, 1.54) is 0 Å². The van der Waals surface area contributed by atoms with E-state index in [0.717, 1.165) is 30.0 Å². The van der Waals surface area contributed by atoms with E-state index in [0.29, 0.717) is 17.7 Å². The first-order valence-electron chi connectivity index (χ1n) is 6.25. The average molecular weight is 266 g/mol. The van der Waals surface area contributed by atoms with E-state index in [-0.39, 0.29) is 5.92 Å². The number of halogens is 1. The number of nitrogens with one attached hydrogen (secondary N) is 2. The fraction of sp³-hybridized carbons (Fsp3) is 0.462. The Labute approximate surface area is 111 Å². The Morgan fingerprint density at radius 3 is 3.17 bits per heavy atom. The molecular weight excluding hydrogens is 250 g/mol. The van der Waals surface area contributed by atoms with Crippen LogP contribution in [0.2, 0.25) is 5.02 Å². The van der Waals surface area contributed by atoms with Crippen molar-refractivity contribution in [3.63, 3.8) is 0 Å². The fourth-order valence-electron chi connectivity index (χ4n) is 2.48. The molecule has 0 saturated carbocycles. The largest absolute Gasteiger partial charge is 0.379 e. The average Bonchev–Trinajstić information content (AvgIpc) is 2.95. The second-order valence-corrected chi connectivity index (χ2v) is 4.97. The molecular formula is C13H16ClN3O. The zero-order valence-electron chi connectivity index (χ0n) is 10.2. The van der Waals surface area contributed by atoms with Crippen molar-refractivity contribution in [2.45, 2.75) is 18.9 Å². The number of H-pyrrole nitrogens is 1. The molecule has 1 aliphatic rings. The minimum Gasteiger partial charge on any atom is -0.379 e. The van der Waals surface area contributed by atoms with Crippen molar-refractivity contribution in [2.24, 2.45) is 0 Å². The van der Waals surface area contributed by atoms with Crippen LogP contribution in [0.25, 0.3) is 11.0 Å². The number of benzene rings is 1. The van der Waals surface area contributed by atoms with Crippen molar-refractivity contribution in [1.82, 2.24) is 15.3 Å². The van der Waals surface area contributed by atoms with Gasteiger partial charge in [-0.05, 0) is 18.7 Å². The van der Waals surface area contributed by atoms with Crippen LogP contribution in [0.15, 0.2) is 18.2 Å². The first-order valence-corrected chi connectivity index (χ1v) is 6.62. The predicted octanol–water partition coefficient (Wildman–Crippen LogP) is 2.31. The van der Waals surface area contributed by atoms with Gasteiger partial charge in [0.1, 0.15) is 11.3 Å². The Hall–Kier alpha value is -1.10. The van der Waals surface area contributed by atoms with Crippen LogP contribution in [0.4, 0.5) is 0 Å². The molecule has 0 amide bonds. The lowest BCUT2D eigenvalue weighted by atomic mass is 10.0. The lowest BCUT2D eigenvalue weighted by Crippen LogP contribution is -2.34. The van der Waals surface area contributed by atoms with Crippen molar-refractivity contribution in [3.05, 3.63) is 29.0 Å². The minimum absolute atomic E-state index is 0.272. The maximum Gasteiger partial charge on any atom is 0.114 e. The molecule has 4 nitrogen and oxygen atoms in total. The normalized spacial score (nSPS) is 23.9. The van der Waals surface area contributed by atoms with Gasteiger partial charge in [0.25, 0.3) is 0 Å². The van der Waals surface area contributed by atoms with Crippen molar-refractivity contribution in [1.29, 1.82) is 0 Å². The molecule has 1 aromatic carbocycles. The number of rotatable bonds is 3. The first kappa shape index (κ1) is 12.0. The zero-order chi connectivity index (χ0) is 12.5. The fourth-order valence-corrected chi connectivity index (χ4v) is 2.70. The maximum absolute atomic E-state index is 6.15. The molecule has 1 saturated heterocycles. The second-order valence-electron chi connectivity index (χ2n) is 4.57. The third kappa shape index (κ3) is 2.00. The summed E-state index contributed by atoms with van der Waals surface area (Å²) in [5.74, 6) is 1.23. The lowest BCUT2D eigenvalue weighted by Gasteiger charge is -2.15. The molecule has 1 aromatic heterocycles. The van der Waals surface area contributed by atoms with Crippen LogP contribution in [0.1, 0.15) is 18.7 Å². The number of hydrogen-bond acceptors (Lipinski definition) is 3. The summed E-state index contributed by atoms with van der Waals surface area (Å²) in [6.45, 7) is 4.48. The van der Waals surface area contributed by atoms with Crippen molar-refractivity contribution in [3.8, 4) is 0 Å². The van der Waals surface area contributed by atoms with Crippen molar-refractivity contribution in [2.75, 3.05) is 19.8 Å². The smallest absolute Gasteiger partial charge is 0.114 e. The number of aromatic nitrogens is 2. The van der Waals surface area contributed by atoms with Gasteiger partial charge >= 0.3 is 0 Å². The van der Waals surface area contributed by atoms with E-state index in [1.807, 2.05) is 18.2 Å². The summed E-state index contributed by atoms with van der Waals surface area (Å²) < 4.78 is 5.55. The highest BCUT2D eigenvalue weighted by molar-refractivity contribution is 6.34. The molecule has 0 radical (unpaired) electrons. The van der Waals surface area contributed by atoms with Gasteiger partial charge < -0.3 is 15.0 Å². The summed E-state index contributed by atoms with van der Waals surface area (Å²) in [6, 6.07) is 6.12. The van der Waals surface area contributed by atoms with Crippen LogP contribution in [0.3, 0.4) is 0 Å². The number of likely N-dealkylation sites (N-methyl/N-ethyl adjacent to an activating group) is 1. The van der Waals surface area contributed by atoms with Gasteiger partial charge in [-0.25, -0.2) is 4.98 Å². The topological polar surface area (TPSA) is 49.9 Å². The van der Waals surface area contributed by atoms with Gasteiger partial charge in [-0.1, -0.05) is 24.6 Å². The molecule has 96 valence electrons. The van der Waals surface area contributed by atoms with Gasteiger partial charge in [0.2, 0.25) is 0 Å². The molecule has 2 unspecified atom stereocenters. The number of aromatic amines is 1. The van der Waals surface area contributed by atoms with Crippen molar-refractivity contribution >= 4 is 22.6 Å². The lowest BCUT2D eigenvalue weighted by molar-refractivity contribution is 0.187. The van der Waals surface area contributed by atoms with E-state index in [1.54, 1.807) is 0 Å². The monoisotopic (exact) mass is 265 g/mol. The number of hydrogen-bond donors (Lipinski definition) is 2. The Bertz CT molecular complexity index is 554. The molecule has 0 spiro atoms. The van der Waals surface area contributed by atoms with E-state index < -0.39 is 0 Å². The van der Waals surface area contributed by atoms with Crippen molar-refractivity contribution < 1.29 is 4.74 Å². The van der Waals surface area contributed by atoms with Gasteiger partial charge in [-0.3, -0.25) is 0 Å². The molecule has 1 aliphatic heterocycles. The summed E-state index contributed by atoms with van der Waals surface area (Å²) in [7, 11) is 0. The van der Waals surface area contributed by atoms with Gasteiger partial charge in [0.15, 0.2) is 0 Å². The first-order chi connectivity index (χ1) is 8.79. The molecule has 2 aromatic rings. The molecule has 0 aliphatic carbocycles. The molecule has 0 bridgehead atoms. The summed E-state index contributed by atoms with van der Waals surface area (Å²) in [5.41, 5.74) is 1.83.